The van der Waals surface area contributed by atoms with E-state index < -0.39 is 67.4 Å². The predicted molar refractivity (Wildman–Crippen MR) is 324 cm³/mol. The van der Waals surface area contributed by atoms with Crippen LogP contribution >= 0.6 is 0 Å². The van der Waals surface area contributed by atoms with Crippen molar-refractivity contribution in [3.63, 3.8) is 0 Å². The van der Waals surface area contributed by atoms with E-state index in [1.807, 2.05) is 18.2 Å². The lowest BCUT2D eigenvalue weighted by molar-refractivity contribution is -0.305. The van der Waals surface area contributed by atoms with E-state index in [4.69, 9.17) is 14.2 Å². The van der Waals surface area contributed by atoms with Crippen molar-refractivity contribution in [2.24, 2.45) is 0 Å². The molecule has 0 aromatic carbocycles. The molecule has 0 aromatic rings. The summed E-state index contributed by atoms with van der Waals surface area (Å²) in [4.78, 5) is 26.5. The van der Waals surface area contributed by atoms with Gasteiger partial charge in [-0.25, -0.2) is 0 Å². The number of amides is 1. The number of allylic oxidation sites excluding steroid dienone is 21. The Labute approximate surface area is 473 Å². The molecule has 0 aromatic heterocycles. The highest BCUT2D eigenvalue weighted by Crippen LogP contribution is 2.26. The number of ether oxygens (including phenoxy) is 3. The summed E-state index contributed by atoms with van der Waals surface area (Å²) in [6.45, 7) is 5.56. The minimum atomic E-state index is -1.66. The molecule has 1 heterocycles. The molecule has 8 atom stereocenters. The molecule has 11 nitrogen and oxygen atoms in total. The Bertz CT molecular complexity index is 1770. The van der Waals surface area contributed by atoms with Crippen molar-refractivity contribution in [2.75, 3.05) is 13.2 Å². The first-order chi connectivity index (χ1) is 38.2. The summed E-state index contributed by atoms with van der Waals surface area (Å²) in [6, 6.07) is -1.07. The normalized spacial score (nSPS) is 19.9. The Morgan fingerprint density at radius 2 is 0.923 bits per heavy atom. The van der Waals surface area contributed by atoms with Crippen LogP contribution in [0.25, 0.3) is 0 Å². The van der Waals surface area contributed by atoms with Crippen LogP contribution in [0.1, 0.15) is 213 Å². The molecule has 1 aliphatic rings. The van der Waals surface area contributed by atoms with Crippen LogP contribution in [0, 0.1) is 0 Å². The number of carbonyl (C=O) groups excluding carboxylic acids is 2. The maximum atomic E-state index is 13.4. The van der Waals surface area contributed by atoms with E-state index >= 15 is 0 Å². The molecule has 0 bridgehead atoms. The number of nitrogens with one attached hydrogen (secondary N) is 1. The Morgan fingerprint density at radius 1 is 0.513 bits per heavy atom. The number of aliphatic hydroxyl groups excluding tert-OH is 5. The van der Waals surface area contributed by atoms with Gasteiger partial charge >= 0.3 is 5.97 Å². The predicted octanol–water partition coefficient (Wildman–Crippen LogP) is 14.4. The van der Waals surface area contributed by atoms with Gasteiger partial charge in [-0.3, -0.25) is 9.59 Å². The van der Waals surface area contributed by atoms with Gasteiger partial charge in [-0.1, -0.05) is 231 Å². The highest BCUT2D eigenvalue weighted by molar-refractivity contribution is 5.80. The van der Waals surface area contributed by atoms with Gasteiger partial charge in [0.1, 0.15) is 24.4 Å². The highest BCUT2D eigenvalue weighted by Gasteiger charge is 2.47. The van der Waals surface area contributed by atoms with Crippen LogP contribution in [0.15, 0.2) is 134 Å². The lowest BCUT2D eigenvalue weighted by atomic mass is 9.99. The van der Waals surface area contributed by atoms with Crippen LogP contribution < -0.4 is 5.32 Å². The van der Waals surface area contributed by atoms with Gasteiger partial charge in [0.2, 0.25) is 5.91 Å². The molecule has 8 unspecified atom stereocenters. The van der Waals surface area contributed by atoms with Gasteiger partial charge in [-0.15, -0.1) is 0 Å². The molecule has 0 aliphatic carbocycles. The number of hydrogen-bond donors (Lipinski definition) is 6. The SMILES string of the molecule is CC/C=C\C/C=C\C/C=C\C/C=C\C/C=C\C/C=C\CCC(=O)OC1C(OCC(NC(=O)C(O)CCCC/C=C\C/C=C\C/C=C\C/C=C\CCCCC)C(O)/C=C/CCCCCCCCCCCC)OC(CO)C(O)C1O. The number of carbonyl (C=O) groups is 2. The lowest BCUT2D eigenvalue weighted by Gasteiger charge is -2.41. The van der Waals surface area contributed by atoms with Crippen molar-refractivity contribution in [1.29, 1.82) is 0 Å². The van der Waals surface area contributed by atoms with Gasteiger partial charge in [0.15, 0.2) is 12.4 Å². The standard InChI is InChI=1S/C67H109NO10/c1-4-7-10-13-16-19-22-25-27-29-31-33-35-37-40-43-46-49-52-55-62(72)78-65-64(74)63(73)61(56-69)77-67(65)76-57-58(59(70)53-50-47-44-41-38-24-21-18-15-12-9-6-3)68-66(75)60(71)54-51-48-45-42-39-36-34-32-30-28-26-23-20-17-14-11-8-5-2/h7,10,16-17,19-20,25-28,31-34,37,39-40,42,46,49-50,53,58-61,63-65,67,69-71,73-74H,4-6,8-9,11-15,18,21-24,29-30,35-36,38,41,43-45,47-48,51-52,54-57H2,1-3H3,(H,68,75)/b10-7-,19-16-,20-17-,27-25-,28-26-,33-31-,34-32-,40-37-,42-39-,49-46-,53-50+. The van der Waals surface area contributed by atoms with Crippen LogP contribution in [0.2, 0.25) is 0 Å². The average Bonchev–Trinajstić information content (AvgIpc) is 3.45. The first-order valence-corrected chi connectivity index (χ1v) is 30.5. The Balaban J connectivity index is 2.78. The summed E-state index contributed by atoms with van der Waals surface area (Å²) in [6.07, 6.45) is 65.0. The third kappa shape index (κ3) is 40.9. The van der Waals surface area contributed by atoms with Crippen LogP contribution in [-0.4, -0.2) is 99.6 Å². The molecule has 6 N–H and O–H groups in total. The van der Waals surface area contributed by atoms with Crippen molar-refractivity contribution < 1.29 is 49.3 Å². The Morgan fingerprint density at radius 3 is 1.41 bits per heavy atom. The minimum Gasteiger partial charge on any atom is -0.454 e. The second kappa shape index (κ2) is 53.4. The second-order valence-electron chi connectivity index (χ2n) is 20.3. The number of hydrogen-bond acceptors (Lipinski definition) is 10. The minimum absolute atomic E-state index is 0.0136. The maximum absolute atomic E-state index is 13.4. The zero-order valence-electron chi connectivity index (χ0n) is 48.7. The fraction of sp³-hybridized carbons (Fsp3) is 0.642. The van der Waals surface area contributed by atoms with Gasteiger partial charge in [0, 0.05) is 6.42 Å². The first-order valence-electron chi connectivity index (χ1n) is 30.5. The Hall–Kier alpha value is -4.20. The van der Waals surface area contributed by atoms with Crippen molar-refractivity contribution in [3.8, 4) is 0 Å². The van der Waals surface area contributed by atoms with Gasteiger partial charge in [-0.05, 0) is 109 Å². The van der Waals surface area contributed by atoms with Gasteiger partial charge in [0.05, 0.1) is 25.4 Å². The molecule has 1 rings (SSSR count). The number of aliphatic hydroxyl groups is 5. The summed E-state index contributed by atoms with van der Waals surface area (Å²) in [5.74, 6) is -1.33. The summed E-state index contributed by atoms with van der Waals surface area (Å²) in [7, 11) is 0. The van der Waals surface area contributed by atoms with E-state index in [1.54, 1.807) is 6.08 Å². The van der Waals surface area contributed by atoms with Crippen LogP contribution in [0.3, 0.4) is 0 Å². The number of unbranched alkanes of at least 4 members (excludes halogenated alkanes) is 15. The molecular weight excluding hydrogens is 979 g/mol. The maximum Gasteiger partial charge on any atom is 0.306 e. The topological polar surface area (TPSA) is 175 Å². The van der Waals surface area contributed by atoms with Crippen molar-refractivity contribution in [3.05, 3.63) is 134 Å². The zero-order valence-corrected chi connectivity index (χ0v) is 48.7. The van der Waals surface area contributed by atoms with E-state index in [0.717, 1.165) is 96.3 Å². The van der Waals surface area contributed by atoms with E-state index in [-0.39, 0.29) is 19.4 Å². The number of rotatable bonds is 49. The molecule has 11 heteroatoms. The van der Waals surface area contributed by atoms with E-state index in [9.17, 15) is 35.1 Å². The average molecular weight is 1090 g/mol. The quantitative estimate of drug-likeness (QED) is 0.0195. The summed E-state index contributed by atoms with van der Waals surface area (Å²) < 4.78 is 17.5. The smallest absolute Gasteiger partial charge is 0.306 e. The third-order valence-corrected chi connectivity index (χ3v) is 13.3. The van der Waals surface area contributed by atoms with Crippen LogP contribution in [-0.2, 0) is 23.8 Å². The molecular formula is C67H109NO10. The van der Waals surface area contributed by atoms with E-state index in [2.05, 4.69) is 135 Å². The van der Waals surface area contributed by atoms with Crippen LogP contribution in [0.4, 0.5) is 0 Å². The fourth-order valence-corrected chi connectivity index (χ4v) is 8.48. The molecule has 1 aliphatic heterocycles. The van der Waals surface area contributed by atoms with E-state index in [1.165, 1.54) is 64.2 Å². The second-order valence-corrected chi connectivity index (χ2v) is 20.3. The first kappa shape index (κ1) is 71.8. The summed E-state index contributed by atoms with van der Waals surface area (Å²) >= 11 is 0. The Kier molecular flexibility index (Phi) is 49.2. The van der Waals surface area contributed by atoms with Gasteiger partial charge in [-0.2, -0.15) is 0 Å². The molecule has 442 valence electrons. The summed E-state index contributed by atoms with van der Waals surface area (Å²) in [5.41, 5.74) is 0. The number of esters is 1. The van der Waals surface area contributed by atoms with Gasteiger partial charge in [0.25, 0.3) is 0 Å². The van der Waals surface area contributed by atoms with Crippen molar-refractivity contribution in [1.82, 2.24) is 5.32 Å². The van der Waals surface area contributed by atoms with E-state index in [0.29, 0.717) is 19.3 Å². The van der Waals surface area contributed by atoms with Crippen LogP contribution in [0.5, 0.6) is 0 Å². The highest BCUT2D eigenvalue weighted by atomic mass is 16.7. The molecule has 1 saturated heterocycles. The fourth-order valence-electron chi connectivity index (χ4n) is 8.48. The van der Waals surface area contributed by atoms with Crippen molar-refractivity contribution in [2.45, 2.75) is 262 Å². The molecule has 0 radical (unpaired) electrons. The molecule has 0 spiro atoms. The molecule has 0 saturated carbocycles. The summed E-state index contributed by atoms with van der Waals surface area (Å²) in [5, 5.41) is 56.9. The lowest BCUT2D eigenvalue weighted by Crippen LogP contribution is -2.61. The molecule has 78 heavy (non-hydrogen) atoms. The van der Waals surface area contributed by atoms with Crippen molar-refractivity contribution >= 4 is 11.9 Å². The zero-order chi connectivity index (χ0) is 56.8. The van der Waals surface area contributed by atoms with Gasteiger partial charge < -0.3 is 45.1 Å². The monoisotopic (exact) mass is 1090 g/mol. The largest absolute Gasteiger partial charge is 0.454 e. The molecule has 1 amide bonds. The molecule has 1 fully saturated rings. The third-order valence-electron chi connectivity index (χ3n) is 13.3.